The molecule has 3 aromatic rings. The number of carbonyl (C=O) groups is 2. The van der Waals surface area contributed by atoms with Crippen LogP contribution in [0.15, 0.2) is 66.0 Å². The van der Waals surface area contributed by atoms with Crippen molar-refractivity contribution in [2.24, 2.45) is 0 Å². The van der Waals surface area contributed by atoms with Crippen LogP contribution in [0.25, 0.3) is 16.6 Å². The number of ether oxygens (including phenoxy) is 1. The number of carbonyl (C=O) groups excluding carboxylic acids is 2. The zero-order valence-corrected chi connectivity index (χ0v) is 15.3. The molecule has 142 valence electrons. The molecule has 0 atom stereocenters. The average molecular weight is 377 g/mol. The van der Waals surface area contributed by atoms with Gasteiger partial charge in [0.1, 0.15) is 5.82 Å². The van der Waals surface area contributed by atoms with E-state index >= 15 is 0 Å². The van der Waals surface area contributed by atoms with E-state index in [4.69, 9.17) is 4.74 Å². The van der Waals surface area contributed by atoms with Crippen molar-refractivity contribution in [2.75, 3.05) is 13.2 Å². The number of hydrogen-bond acceptors (Lipinski definition) is 5. The molecule has 28 heavy (non-hydrogen) atoms. The third kappa shape index (κ3) is 3.98. The van der Waals surface area contributed by atoms with E-state index in [0.29, 0.717) is 29.0 Å². The molecule has 7 heteroatoms. The minimum absolute atomic E-state index is 0.183. The fourth-order valence-electron chi connectivity index (χ4n) is 2.75. The van der Waals surface area contributed by atoms with Gasteiger partial charge >= 0.3 is 5.97 Å². The molecule has 1 heterocycles. The van der Waals surface area contributed by atoms with Crippen molar-refractivity contribution in [1.82, 2.24) is 14.9 Å². The smallest absolute Gasteiger partial charge is 0.338 e. The first-order chi connectivity index (χ1) is 13.5. The first-order valence-electron chi connectivity index (χ1n) is 8.65. The molecule has 0 spiro atoms. The van der Waals surface area contributed by atoms with E-state index in [1.54, 1.807) is 49.4 Å². The molecule has 1 amide bonds. The predicted molar refractivity (Wildman–Crippen MR) is 106 cm³/mol. The lowest BCUT2D eigenvalue weighted by Gasteiger charge is -2.11. The van der Waals surface area contributed by atoms with E-state index in [0.717, 1.165) is 0 Å². The Bertz CT molecular complexity index is 1100. The molecule has 0 saturated heterocycles. The fourth-order valence-corrected chi connectivity index (χ4v) is 2.75. The average Bonchev–Trinajstić information content (AvgIpc) is 2.71. The summed E-state index contributed by atoms with van der Waals surface area (Å²) in [5.74, 6) is -0.492. The van der Waals surface area contributed by atoms with Crippen LogP contribution in [0.4, 0.5) is 0 Å². The van der Waals surface area contributed by atoms with Crippen LogP contribution >= 0.6 is 0 Å². The van der Waals surface area contributed by atoms with E-state index in [9.17, 15) is 14.4 Å². The molecule has 0 aliphatic carbocycles. The van der Waals surface area contributed by atoms with Gasteiger partial charge in [0.05, 0.1) is 22.2 Å². The summed E-state index contributed by atoms with van der Waals surface area (Å²) in [6.45, 7) is 5.17. The van der Waals surface area contributed by atoms with Crippen LogP contribution in [0, 0.1) is 6.92 Å². The third-order valence-electron chi connectivity index (χ3n) is 4.08. The number of esters is 1. The Morgan fingerprint density at radius 3 is 2.61 bits per heavy atom. The molecule has 0 aliphatic rings. The predicted octanol–water partition coefficient (Wildman–Crippen LogP) is 2.15. The van der Waals surface area contributed by atoms with Gasteiger partial charge in [0.15, 0.2) is 6.61 Å². The van der Waals surface area contributed by atoms with Gasteiger partial charge in [-0.15, -0.1) is 6.58 Å². The molecule has 2 aromatic carbocycles. The zero-order chi connectivity index (χ0) is 20.1. The highest BCUT2D eigenvalue weighted by Crippen LogP contribution is 2.14. The Kier molecular flexibility index (Phi) is 5.64. The highest BCUT2D eigenvalue weighted by Gasteiger charge is 2.12. The molecule has 1 N–H and O–H groups in total. The van der Waals surface area contributed by atoms with Gasteiger partial charge in [-0.2, -0.15) is 0 Å². The fraction of sp³-hybridized carbons (Fsp3) is 0.143. The van der Waals surface area contributed by atoms with Crippen LogP contribution in [-0.4, -0.2) is 34.6 Å². The van der Waals surface area contributed by atoms with Crippen LogP contribution in [0.2, 0.25) is 0 Å². The van der Waals surface area contributed by atoms with E-state index in [1.807, 2.05) is 6.07 Å². The second-order valence-electron chi connectivity index (χ2n) is 6.03. The van der Waals surface area contributed by atoms with Gasteiger partial charge in [0.2, 0.25) is 0 Å². The Balaban J connectivity index is 1.80. The van der Waals surface area contributed by atoms with Gasteiger partial charge in [-0.25, -0.2) is 9.78 Å². The Morgan fingerprint density at radius 2 is 1.89 bits per heavy atom. The Labute approximate surface area is 161 Å². The first-order valence-corrected chi connectivity index (χ1v) is 8.65. The van der Waals surface area contributed by atoms with Crippen molar-refractivity contribution in [3.05, 3.63) is 82.9 Å². The number of nitrogens with one attached hydrogen (secondary N) is 1. The minimum atomic E-state index is -0.624. The van der Waals surface area contributed by atoms with Crippen molar-refractivity contribution >= 4 is 22.8 Å². The maximum Gasteiger partial charge on any atom is 0.338 e. The third-order valence-corrected chi connectivity index (χ3v) is 4.08. The molecular weight excluding hydrogens is 358 g/mol. The van der Waals surface area contributed by atoms with Gasteiger partial charge in [0.25, 0.3) is 11.5 Å². The zero-order valence-electron chi connectivity index (χ0n) is 15.3. The van der Waals surface area contributed by atoms with Gasteiger partial charge in [-0.3, -0.25) is 14.2 Å². The largest absolute Gasteiger partial charge is 0.452 e. The minimum Gasteiger partial charge on any atom is -0.452 e. The number of fused-ring (bicyclic) bond motifs is 1. The number of rotatable bonds is 6. The maximum absolute atomic E-state index is 12.8. The van der Waals surface area contributed by atoms with Gasteiger partial charge < -0.3 is 10.1 Å². The first kappa shape index (κ1) is 19.0. The normalized spacial score (nSPS) is 10.5. The maximum atomic E-state index is 12.8. The van der Waals surface area contributed by atoms with Crippen LogP contribution in [0.3, 0.4) is 0 Å². The van der Waals surface area contributed by atoms with E-state index in [1.165, 1.54) is 10.6 Å². The molecule has 3 rings (SSSR count). The lowest BCUT2D eigenvalue weighted by molar-refractivity contribution is -0.124. The molecule has 0 radical (unpaired) electrons. The van der Waals surface area contributed by atoms with Crippen molar-refractivity contribution in [3.63, 3.8) is 0 Å². The number of amides is 1. The quantitative estimate of drug-likeness (QED) is 0.525. The second kappa shape index (κ2) is 8.30. The van der Waals surface area contributed by atoms with E-state index in [2.05, 4.69) is 16.9 Å². The van der Waals surface area contributed by atoms with Gasteiger partial charge in [0, 0.05) is 6.54 Å². The SMILES string of the molecule is C=CCNC(=O)COC(=O)c1ccc(-n2c(C)nc3ccccc3c2=O)cc1. The number of hydrogen-bond donors (Lipinski definition) is 1. The summed E-state index contributed by atoms with van der Waals surface area (Å²) in [7, 11) is 0. The topological polar surface area (TPSA) is 90.3 Å². The Hall–Kier alpha value is -3.74. The summed E-state index contributed by atoms with van der Waals surface area (Å²) in [4.78, 5) is 40.8. The summed E-state index contributed by atoms with van der Waals surface area (Å²) in [6, 6.07) is 13.5. The molecule has 0 bridgehead atoms. The number of nitrogens with zero attached hydrogens (tertiary/aromatic N) is 2. The van der Waals surface area contributed by atoms with Crippen LogP contribution in [0.1, 0.15) is 16.2 Å². The van der Waals surface area contributed by atoms with Crippen molar-refractivity contribution in [1.29, 1.82) is 0 Å². The number of benzene rings is 2. The monoisotopic (exact) mass is 377 g/mol. The van der Waals surface area contributed by atoms with Gasteiger partial charge in [-0.05, 0) is 43.3 Å². The molecule has 1 aromatic heterocycles. The van der Waals surface area contributed by atoms with Crippen molar-refractivity contribution in [3.8, 4) is 5.69 Å². The van der Waals surface area contributed by atoms with Gasteiger partial charge in [-0.1, -0.05) is 18.2 Å². The summed E-state index contributed by atoms with van der Waals surface area (Å²) in [5.41, 5.74) is 1.31. The lowest BCUT2D eigenvalue weighted by atomic mass is 10.2. The van der Waals surface area contributed by atoms with E-state index < -0.39 is 11.9 Å². The number of para-hydroxylation sites is 1. The van der Waals surface area contributed by atoms with Crippen LogP contribution < -0.4 is 10.9 Å². The number of aryl methyl sites for hydroxylation is 1. The standard InChI is InChI=1S/C21H19N3O4/c1-3-12-22-19(25)13-28-21(27)15-8-10-16(11-9-15)24-14(2)23-18-7-5-4-6-17(18)20(24)26/h3-11H,1,12-13H2,2H3,(H,22,25). The van der Waals surface area contributed by atoms with Crippen LogP contribution in [0.5, 0.6) is 0 Å². The second-order valence-corrected chi connectivity index (χ2v) is 6.03. The molecular formula is C21H19N3O4. The van der Waals surface area contributed by atoms with Crippen molar-refractivity contribution in [2.45, 2.75) is 6.92 Å². The van der Waals surface area contributed by atoms with E-state index in [-0.39, 0.29) is 17.7 Å². The van der Waals surface area contributed by atoms with Crippen LogP contribution in [-0.2, 0) is 9.53 Å². The summed E-state index contributed by atoms with van der Waals surface area (Å²) in [6.07, 6.45) is 1.53. The molecule has 0 unspecified atom stereocenters. The molecule has 7 nitrogen and oxygen atoms in total. The number of aromatic nitrogens is 2. The highest BCUT2D eigenvalue weighted by molar-refractivity contribution is 5.91. The summed E-state index contributed by atoms with van der Waals surface area (Å²) >= 11 is 0. The highest BCUT2D eigenvalue weighted by atomic mass is 16.5. The van der Waals surface area contributed by atoms with Crippen molar-refractivity contribution < 1.29 is 14.3 Å². The lowest BCUT2D eigenvalue weighted by Crippen LogP contribution is -2.28. The molecule has 0 fully saturated rings. The summed E-state index contributed by atoms with van der Waals surface area (Å²) < 4.78 is 6.46. The molecule has 0 saturated carbocycles. The Morgan fingerprint density at radius 1 is 1.18 bits per heavy atom. The summed E-state index contributed by atoms with van der Waals surface area (Å²) in [5, 5.41) is 3.03. The molecule has 0 aliphatic heterocycles.